The van der Waals surface area contributed by atoms with Gasteiger partial charge < -0.3 is 33.8 Å². The van der Waals surface area contributed by atoms with Gasteiger partial charge in [-0.15, -0.1) is 0 Å². The molecular formula is C73H132O17P2. The number of ether oxygens (including phenoxy) is 4. The summed E-state index contributed by atoms with van der Waals surface area (Å²) >= 11 is 0. The number of hydrogen-bond acceptors (Lipinski definition) is 15. The fourth-order valence-electron chi connectivity index (χ4n) is 9.78. The highest BCUT2D eigenvalue weighted by Crippen LogP contribution is 2.45. The number of carbonyl (C=O) groups excluding carboxylic acids is 4. The van der Waals surface area contributed by atoms with Crippen LogP contribution in [0.2, 0.25) is 0 Å². The first-order chi connectivity index (χ1) is 44.7. The Morgan fingerprint density at radius 2 is 0.543 bits per heavy atom. The highest BCUT2D eigenvalue weighted by Gasteiger charge is 2.30. The van der Waals surface area contributed by atoms with E-state index in [0.29, 0.717) is 25.7 Å². The number of allylic oxidation sites excluding steroid dienone is 10. The molecule has 17 nitrogen and oxygen atoms in total. The zero-order valence-electron chi connectivity index (χ0n) is 58.2. The van der Waals surface area contributed by atoms with Gasteiger partial charge in [0.15, 0.2) is 12.2 Å². The Morgan fingerprint density at radius 3 is 0.880 bits per heavy atom. The van der Waals surface area contributed by atoms with Crippen LogP contribution in [0.4, 0.5) is 0 Å². The van der Waals surface area contributed by atoms with Crippen molar-refractivity contribution in [1.82, 2.24) is 0 Å². The number of hydrogen-bond donors (Lipinski definition) is 3. The molecule has 19 heteroatoms. The topological polar surface area (TPSA) is 237 Å². The van der Waals surface area contributed by atoms with Gasteiger partial charge in [-0.05, 0) is 103 Å². The van der Waals surface area contributed by atoms with E-state index in [1.165, 1.54) is 83.5 Å². The third-order valence-electron chi connectivity index (χ3n) is 15.5. The number of rotatable bonds is 69. The summed E-state index contributed by atoms with van der Waals surface area (Å²) in [6, 6.07) is 0. The molecule has 5 unspecified atom stereocenters. The second kappa shape index (κ2) is 66.4. The Morgan fingerprint density at radius 1 is 0.304 bits per heavy atom. The molecule has 0 aliphatic rings. The van der Waals surface area contributed by atoms with E-state index in [1.54, 1.807) is 0 Å². The zero-order valence-corrected chi connectivity index (χ0v) is 60.0. The number of aliphatic hydroxyl groups excluding tert-OH is 1. The Labute approximate surface area is 559 Å². The van der Waals surface area contributed by atoms with Gasteiger partial charge in [0.1, 0.15) is 19.3 Å². The van der Waals surface area contributed by atoms with E-state index in [1.807, 2.05) is 0 Å². The van der Waals surface area contributed by atoms with Crippen LogP contribution in [-0.4, -0.2) is 96.7 Å². The molecule has 0 amide bonds. The summed E-state index contributed by atoms with van der Waals surface area (Å²) in [4.78, 5) is 72.5. The lowest BCUT2D eigenvalue weighted by Crippen LogP contribution is -2.30. The number of carbonyl (C=O) groups is 4. The van der Waals surface area contributed by atoms with E-state index in [-0.39, 0.29) is 25.7 Å². The van der Waals surface area contributed by atoms with Crippen molar-refractivity contribution in [3.8, 4) is 0 Å². The molecule has 0 saturated carbocycles. The van der Waals surface area contributed by atoms with Crippen LogP contribution < -0.4 is 0 Å². The second-order valence-electron chi connectivity index (χ2n) is 24.5. The van der Waals surface area contributed by atoms with Crippen molar-refractivity contribution < 1.29 is 80.2 Å². The fourth-order valence-corrected chi connectivity index (χ4v) is 11.4. The van der Waals surface area contributed by atoms with Crippen LogP contribution in [0.1, 0.15) is 323 Å². The molecular weight excluding hydrogens is 1210 g/mol. The summed E-state index contributed by atoms with van der Waals surface area (Å²) in [5, 5.41) is 10.6. The first-order valence-corrected chi connectivity index (χ1v) is 39.5. The SMILES string of the molecule is CCCC/C=C\CCCCCCCC(=O)OCC(COP(=O)(O)OCC(O)COP(=O)(O)OCC(COC(=O)CCCCCCCC/C=C\C/C=C\C/C=C\CCCCC)OC(=O)CCCCCCCCCCCCC)OC(=O)CCCCCCC/C=C\CCCC. The summed E-state index contributed by atoms with van der Waals surface area (Å²) in [6.45, 7) is 4.75. The predicted octanol–water partition coefficient (Wildman–Crippen LogP) is 20.3. The average molecular weight is 1340 g/mol. The van der Waals surface area contributed by atoms with Crippen molar-refractivity contribution in [3.05, 3.63) is 60.8 Å². The summed E-state index contributed by atoms with van der Waals surface area (Å²) in [7, 11) is -9.93. The molecule has 0 aromatic carbocycles. The molecule has 0 aliphatic carbocycles. The van der Waals surface area contributed by atoms with E-state index in [2.05, 4.69) is 88.5 Å². The lowest BCUT2D eigenvalue weighted by molar-refractivity contribution is -0.161. The number of phosphoric acid groups is 2. The minimum absolute atomic E-state index is 0.0864. The van der Waals surface area contributed by atoms with Crippen LogP contribution >= 0.6 is 15.6 Å². The van der Waals surface area contributed by atoms with Crippen molar-refractivity contribution >= 4 is 39.5 Å². The number of aliphatic hydroxyl groups is 1. The Balaban J connectivity index is 5.26. The quantitative estimate of drug-likeness (QED) is 0.0169. The van der Waals surface area contributed by atoms with Gasteiger partial charge in [-0.25, -0.2) is 9.13 Å². The zero-order chi connectivity index (χ0) is 67.5. The largest absolute Gasteiger partial charge is 0.472 e. The van der Waals surface area contributed by atoms with Gasteiger partial charge in [0, 0.05) is 25.7 Å². The van der Waals surface area contributed by atoms with Crippen LogP contribution in [0, 0.1) is 0 Å². The molecule has 0 heterocycles. The van der Waals surface area contributed by atoms with Gasteiger partial charge in [-0.1, -0.05) is 255 Å². The lowest BCUT2D eigenvalue weighted by atomic mass is 10.1. The maximum atomic E-state index is 13.0. The van der Waals surface area contributed by atoms with Crippen LogP contribution in [-0.2, 0) is 65.4 Å². The summed E-state index contributed by atoms with van der Waals surface area (Å²) in [6.07, 6.45) is 62.3. The van der Waals surface area contributed by atoms with E-state index in [0.717, 1.165) is 161 Å². The smallest absolute Gasteiger partial charge is 0.462 e. The average Bonchev–Trinajstić information content (AvgIpc) is 2.24. The fraction of sp³-hybridized carbons (Fsp3) is 0.808. The van der Waals surface area contributed by atoms with Crippen LogP contribution in [0.5, 0.6) is 0 Å². The van der Waals surface area contributed by atoms with Crippen LogP contribution in [0.15, 0.2) is 60.8 Å². The molecule has 0 aromatic heterocycles. The molecule has 0 aliphatic heterocycles. The normalized spacial score (nSPS) is 14.4. The van der Waals surface area contributed by atoms with Gasteiger partial charge in [0.25, 0.3) is 0 Å². The van der Waals surface area contributed by atoms with Crippen LogP contribution in [0.25, 0.3) is 0 Å². The lowest BCUT2D eigenvalue weighted by Gasteiger charge is -2.21. The number of unbranched alkanes of at least 4 members (excludes halogenated alkanes) is 33. The van der Waals surface area contributed by atoms with Gasteiger partial charge in [0.05, 0.1) is 26.4 Å². The molecule has 0 saturated heterocycles. The maximum absolute atomic E-state index is 13.0. The molecule has 0 rings (SSSR count). The molecule has 0 bridgehead atoms. The minimum Gasteiger partial charge on any atom is -0.462 e. The van der Waals surface area contributed by atoms with E-state index in [9.17, 15) is 43.2 Å². The monoisotopic (exact) mass is 1340 g/mol. The first kappa shape index (κ1) is 88.8. The Bertz CT molecular complexity index is 1990. The standard InChI is InChI=1S/C73H132O17P2/c1-5-9-13-17-21-25-29-30-31-32-33-34-35-36-40-42-46-50-54-58-71(76)84-64-69(90-73(78)60-56-52-48-44-39-28-24-20-16-12-8-4)66-88-92(81,82)86-62-67(74)61-85-91(79,80)87-65-68(89-72(77)59-55-51-47-43-38-27-23-19-15-11-7-3)63-83-70(75)57-53-49-45-41-37-26-22-18-14-10-6-2/h18-19,21-23,25,30-31,33-34,67-69,74H,5-17,20,24,26-29,32,35-66H2,1-4H3,(H,79,80)(H,81,82)/b22-18-,23-19-,25-21-,31-30-,34-33-. The molecule has 0 radical (unpaired) electrons. The highest BCUT2D eigenvalue weighted by molar-refractivity contribution is 7.47. The van der Waals surface area contributed by atoms with Gasteiger partial charge in [-0.2, -0.15) is 0 Å². The third-order valence-corrected chi connectivity index (χ3v) is 17.4. The predicted molar refractivity (Wildman–Crippen MR) is 372 cm³/mol. The maximum Gasteiger partial charge on any atom is 0.472 e. The first-order valence-electron chi connectivity index (χ1n) is 36.5. The summed E-state index contributed by atoms with van der Waals surface area (Å²) in [5.74, 6) is -2.19. The van der Waals surface area contributed by atoms with Gasteiger partial charge in [0.2, 0.25) is 0 Å². The van der Waals surface area contributed by atoms with E-state index >= 15 is 0 Å². The minimum atomic E-state index is -4.96. The van der Waals surface area contributed by atoms with Crippen molar-refractivity contribution in [2.24, 2.45) is 0 Å². The van der Waals surface area contributed by atoms with E-state index in [4.69, 9.17) is 37.0 Å². The molecule has 92 heavy (non-hydrogen) atoms. The second-order valence-corrected chi connectivity index (χ2v) is 27.4. The number of phosphoric ester groups is 2. The van der Waals surface area contributed by atoms with Crippen molar-refractivity contribution in [2.75, 3.05) is 39.6 Å². The molecule has 0 spiro atoms. The van der Waals surface area contributed by atoms with Gasteiger partial charge in [-0.3, -0.25) is 37.3 Å². The summed E-state index contributed by atoms with van der Waals surface area (Å²) < 4.78 is 68.2. The van der Waals surface area contributed by atoms with Crippen LogP contribution in [0.3, 0.4) is 0 Å². The molecule has 0 aromatic rings. The molecule has 5 atom stereocenters. The molecule has 536 valence electrons. The number of esters is 4. The Kier molecular flexibility index (Phi) is 64.0. The van der Waals surface area contributed by atoms with Crippen molar-refractivity contribution in [3.63, 3.8) is 0 Å². The van der Waals surface area contributed by atoms with Crippen molar-refractivity contribution in [1.29, 1.82) is 0 Å². The Hall–Kier alpha value is -3.24. The summed E-state index contributed by atoms with van der Waals surface area (Å²) in [5.41, 5.74) is 0. The third kappa shape index (κ3) is 65.4. The highest BCUT2D eigenvalue weighted by atomic mass is 31.2. The molecule has 3 N–H and O–H groups in total. The van der Waals surface area contributed by atoms with Crippen molar-refractivity contribution in [2.45, 2.75) is 341 Å². The van der Waals surface area contributed by atoms with Gasteiger partial charge >= 0.3 is 39.5 Å². The van der Waals surface area contributed by atoms with E-state index < -0.39 is 97.5 Å². The molecule has 0 fully saturated rings.